The lowest BCUT2D eigenvalue weighted by molar-refractivity contribution is 0.454. The lowest BCUT2D eigenvalue weighted by Gasteiger charge is -2.09. The minimum absolute atomic E-state index is 0.604. The van der Waals surface area contributed by atoms with Crippen molar-refractivity contribution in [2.24, 2.45) is 5.92 Å². The predicted octanol–water partition coefficient (Wildman–Crippen LogP) is 4.22. The standard InChI is InChI=1S/C14H17ClN2OS/c1-10(2)8-16-9-11-3-4-13(12(15)7-11)19-14-17-5-6-18-14/h3-7,10,16H,8-9H2,1-2H3. The Morgan fingerprint density at radius 2 is 2.26 bits per heavy atom. The van der Waals surface area contributed by atoms with E-state index in [9.17, 15) is 0 Å². The molecule has 0 aliphatic carbocycles. The summed E-state index contributed by atoms with van der Waals surface area (Å²) in [5, 5.41) is 4.73. The summed E-state index contributed by atoms with van der Waals surface area (Å²) >= 11 is 7.70. The summed E-state index contributed by atoms with van der Waals surface area (Å²) in [6.07, 6.45) is 3.18. The summed E-state index contributed by atoms with van der Waals surface area (Å²) in [4.78, 5) is 5.02. The van der Waals surface area contributed by atoms with E-state index in [2.05, 4.69) is 30.2 Å². The molecule has 1 aromatic carbocycles. The second kappa shape index (κ2) is 6.98. The van der Waals surface area contributed by atoms with Crippen LogP contribution in [0.2, 0.25) is 5.02 Å². The lowest BCUT2D eigenvalue weighted by Crippen LogP contribution is -2.18. The monoisotopic (exact) mass is 296 g/mol. The number of nitrogens with zero attached hydrogens (tertiary/aromatic N) is 1. The van der Waals surface area contributed by atoms with Gasteiger partial charge in [0.05, 0.1) is 11.2 Å². The van der Waals surface area contributed by atoms with Crippen molar-refractivity contribution in [2.45, 2.75) is 30.5 Å². The molecule has 0 aliphatic rings. The van der Waals surface area contributed by atoms with Crippen LogP contribution >= 0.6 is 23.4 Å². The zero-order chi connectivity index (χ0) is 13.7. The van der Waals surface area contributed by atoms with Gasteiger partial charge < -0.3 is 9.73 Å². The van der Waals surface area contributed by atoms with E-state index in [1.807, 2.05) is 12.1 Å². The minimum atomic E-state index is 0.604. The van der Waals surface area contributed by atoms with E-state index in [1.54, 1.807) is 12.5 Å². The zero-order valence-electron chi connectivity index (χ0n) is 11.0. The van der Waals surface area contributed by atoms with Crippen LogP contribution < -0.4 is 5.32 Å². The molecule has 0 bridgehead atoms. The Hall–Kier alpha value is -0.970. The highest BCUT2D eigenvalue weighted by molar-refractivity contribution is 7.99. The average Bonchev–Trinajstić information content (AvgIpc) is 2.85. The molecule has 0 unspecified atom stereocenters. The highest BCUT2D eigenvalue weighted by Crippen LogP contribution is 2.32. The van der Waals surface area contributed by atoms with E-state index >= 15 is 0 Å². The predicted molar refractivity (Wildman–Crippen MR) is 78.6 cm³/mol. The molecule has 2 rings (SSSR count). The van der Waals surface area contributed by atoms with Gasteiger partial charge in [0.25, 0.3) is 5.22 Å². The van der Waals surface area contributed by atoms with Crippen LogP contribution in [-0.4, -0.2) is 11.5 Å². The Kier molecular flexibility index (Phi) is 5.31. The summed E-state index contributed by atoms with van der Waals surface area (Å²) in [5.74, 6) is 0.648. The van der Waals surface area contributed by atoms with Crippen LogP contribution in [0.1, 0.15) is 19.4 Å². The second-order valence-electron chi connectivity index (χ2n) is 4.69. The fourth-order valence-corrected chi connectivity index (χ4v) is 2.61. The maximum atomic E-state index is 6.27. The van der Waals surface area contributed by atoms with Gasteiger partial charge in [-0.2, -0.15) is 0 Å². The SMILES string of the molecule is CC(C)CNCc1ccc(Sc2ncco2)c(Cl)c1. The summed E-state index contributed by atoms with van der Waals surface area (Å²) in [7, 11) is 0. The third-order valence-corrected chi connectivity index (χ3v) is 3.86. The Balaban J connectivity index is 1.97. The van der Waals surface area contributed by atoms with Gasteiger partial charge in [0.2, 0.25) is 0 Å². The van der Waals surface area contributed by atoms with Crippen LogP contribution in [0.25, 0.3) is 0 Å². The number of hydrogen-bond acceptors (Lipinski definition) is 4. The van der Waals surface area contributed by atoms with Crippen LogP contribution in [-0.2, 0) is 6.54 Å². The van der Waals surface area contributed by atoms with Crippen molar-refractivity contribution in [3.8, 4) is 0 Å². The van der Waals surface area contributed by atoms with Gasteiger partial charge in [0.15, 0.2) is 0 Å². The van der Waals surface area contributed by atoms with Gasteiger partial charge in [0.1, 0.15) is 6.26 Å². The van der Waals surface area contributed by atoms with Crippen molar-refractivity contribution >= 4 is 23.4 Å². The van der Waals surface area contributed by atoms with Crippen LogP contribution in [0.3, 0.4) is 0 Å². The van der Waals surface area contributed by atoms with Crippen LogP contribution in [0.15, 0.2) is 45.2 Å². The van der Waals surface area contributed by atoms with Crippen molar-refractivity contribution in [1.82, 2.24) is 10.3 Å². The quantitative estimate of drug-likeness (QED) is 0.866. The molecule has 102 valence electrons. The number of rotatable bonds is 6. The fraction of sp³-hybridized carbons (Fsp3) is 0.357. The maximum Gasteiger partial charge on any atom is 0.260 e. The van der Waals surface area contributed by atoms with Crippen molar-refractivity contribution < 1.29 is 4.42 Å². The third-order valence-electron chi connectivity index (χ3n) is 2.48. The first kappa shape index (κ1) is 14.4. The number of nitrogens with one attached hydrogen (secondary N) is 1. The van der Waals surface area contributed by atoms with Gasteiger partial charge in [-0.05, 0) is 41.9 Å². The van der Waals surface area contributed by atoms with Crippen LogP contribution in [0, 0.1) is 5.92 Å². The van der Waals surface area contributed by atoms with E-state index in [1.165, 1.54) is 17.3 Å². The van der Waals surface area contributed by atoms with Crippen LogP contribution in [0.4, 0.5) is 0 Å². The molecule has 0 saturated heterocycles. The molecule has 0 amide bonds. The first-order valence-corrected chi connectivity index (χ1v) is 7.41. The van der Waals surface area contributed by atoms with Gasteiger partial charge in [-0.25, -0.2) is 4.98 Å². The molecule has 0 saturated carbocycles. The van der Waals surface area contributed by atoms with Gasteiger partial charge in [-0.3, -0.25) is 0 Å². The molecule has 0 radical (unpaired) electrons. The van der Waals surface area contributed by atoms with E-state index in [-0.39, 0.29) is 0 Å². The second-order valence-corrected chi connectivity index (χ2v) is 6.09. The highest BCUT2D eigenvalue weighted by atomic mass is 35.5. The topological polar surface area (TPSA) is 38.1 Å². The van der Waals surface area contributed by atoms with Gasteiger partial charge in [-0.1, -0.05) is 31.5 Å². The number of halogens is 1. The van der Waals surface area contributed by atoms with Gasteiger partial charge in [0, 0.05) is 11.4 Å². The normalized spacial score (nSPS) is 11.2. The Bertz CT molecular complexity index is 514. The molecule has 3 nitrogen and oxygen atoms in total. The number of hydrogen-bond donors (Lipinski definition) is 1. The molecule has 0 aliphatic heterocycles. The van der Waals surface area contributed by atoms with Gasteiger partial charge >= 0.3 is 0 Å². The zero-order valence-corrected chi connectivity index (χ0v) is 12.6. The molecular formula is C14H17ClN2OS. The Labute approximate surface area is 122 Å². The summed E-state index contributed by atoms with van der Waals surface area (Å²) in [5.41, 5.74) is 1.18. The molecule has 5 heteroatoms. The molecule has 0 fully saturated rings. The summed E-state index contributed by atoms with van der Waals surface area (Å²) in [6, 6.07) is 6.06. The number of aromatic nitrogens is 1. The third kappa shape index (κ3) is 4.56. The van der Waals surface area contributed by atoms with Crippen molar-refractivity contribution in [2.75, 3.05) is 6.54 Å². The van der Waals surface area contributed by atoms with E-state index in [4.69, 9.17) is 16.0 Å². The van der Waals surface area contributed by atoms with E-state index in [0.717, 1.165) is 23.0 Å². The molecule has 0 spiro atoms. The van der Waals surface area contributed by atoms with E-state index in [0.29, 0.717) is 11.1 Å². The molecule has 0 atom stereocenters. The average molecular weight is 297 g/mol. The first-order valence-electron chi connectivity index (χ1n) is 6.21. The smallest absolute Gasteiger partial charge is 0.260 e. The van der Waals surface area contributed by atoms with Gasteiger partial charge in [-0.15, -0.1) is 0 Å². The first-order chi connectivity index (χ1) is 9.15. The summed E-state index contributed by atoms with van der Waals surface area (Å²) < 4.78 is 5.19. The van der Waals surface area contributed by atoms with Crippen molar-refractivity contribution in [3.05, 3.63) is 41.2 Å². The molecular weight excluding hydrogens is 280 g/mol. The van der Waals surface area contributed by atoms with Crippen LogP contribution in [0.5, 0.6) is 0 Å². The maximum absolute atomic E-state index is 6.27. The molecule has 1 heterocycles. The molecule has 1 N–H and O–H groups in total. The Morgan fingerprint density at radius 1 is 1.42 bits per heavy atom. The van der Waals surface area contributed by atoms with Crippen molar-refractivity contribution in [1.29, 1.82) is 0 Å². The largest absolute Gasteiger partial charge is 0.440 e. The number of benzene rings is 1. The highest BCUT2D eigenvalue weighted by Gasteiger charge is 2.07. The Morgan fingerprint density at radius 3 is 2.89 bits per heavy atom. The number of oxazole rings is 1. The summed E-state index contributed by atoms with van der Waals surface area (Å²) in [6.45, 7) is 6.22. The molecule has 1 aromatic heterocycles. The van der Waals surface area contributed by atoms with Crippen molar-refractivity contribution in [3.63, 3.8) is 0 Å². The van der Waals surface area contributed by atoms with E-state index < -0.39 is 0 Å². The molecule has 2 aromatic rings. The minimum Gasteiger partial charge on any atom is -0.440 e. The molecule has 19 heavy (non-hydrogen) atoms. The fourth-order valence-electron chi connectivity index (χ4n) is 1.60. The lowest BCUT2D eigenvalue weighted by atomic mass is 10.2.